The Bertz CT molecular complexity index is 924. The number of nitrogens with one attached hydrogen (secondary N) is 1. The van der Waals surface area contributed by atoms with Crippen LogP contribution in [0.4, 0.5) is 5.69 Å². The van der Waals surface area contributed by atoms with Crippen molar-refractivity contribution < 1.29 is 13.2 Å². The number of sulfonamides is 1. The SMILES string of the molecule is CC(C)[C@@H](C)NC(=O)c1ccc(CN(c2cc(Cl)cc(Cl)c2)S(C)(=O)=O)cc1. The Balaban J connectivity index is 2.23. The molecule has 5 nitrogen and oxygen atoms in total. The molecule has 0 saturated carbocycles. The molecule has 0 aromatic heterocycles. The number of anilines is 1. The molecule has 152 valence electrons. The van der Waals surface area contributed by atoms with Crippen LogP contribution < -0.4 is 9.62 Å². The van der Waals surface area contributed by atoms with Crippen molar-refractivity contribution in [3.63, 3.8) is 0 Å². The highest BCUT2D eigenvalue weighted by molar-refractivity contribution is 7.92. The smallest absolute Gasteiger partial charge is 0.251 e. The normalized spacial score (nSPS) is 12.7. The van der Waals surface area contributed by atoms with Crippen molar-refractivity contribution in [2.24, 2.45) is 5.92 Å². The minimum absolute atomic E-state index is 0.0560. The minimum atomic E-state index is -3.56. The summed E-state index contributed by atoms with van der Waals surface area (Å²) in [6.07, 6.45) is 1.12. The number of amides is 1. The van der Waals surface area contributed by atoms with Crippen molar-refractivity contribution >= 4 is 44.8 Å². The summed E-state index contributed by atoms with van der Waals surface area (Å²) in [5, 5.41) is 3.64. The summed E-state index contributed by atoms with van der Waals surface area (Å²) in [5.74, 6) is 0.172. The van der Waals surface area contributed by atoms with Gasteiger partial charge in [-0.3, -0.25) is 9.10 Å². The molecule has 2 aromatic carbocycles. The third-order valence-corrected chi connectivity index (χ3v) is 6.01. The molecule has 0 spiro atoms. The molecule has 8 heteroatoms. The van der Waals surface area contributed by atoms with E-state index < -0.39 is 10.0 Å². The lowest BCUT2D eigenvalue weighted by Crippen LogP contribution is -2.36. The van der Waals surface area contributed by atoms with Crippen LogP contribution in [0.2, 0.25) is 10.0 Å². The van der Waals surface area contributed by atoms with Gasteiger partial charge in [-0.05, 0) is 48.7 Å². The van der Waals surface area contributed by atoms with Crippen LogP contribution in [0, 0.1) is 5.92 Å². The third kappa shape index (κ3) is 6.12. The summed E-state index contributed by atoms with van der Waals surface area (Å²) in [4.78, 5) is 12.3. The monoisotopic (exact) mass is 442 g/mol. The number of halogens is 2. The zero-order valence-corrected chi connectivity index (χ0v) is 18.6. The van der Waals surface area contributed by atoms with Crippen LogP contribution in [0.15, 0.2) is 42.5 Å². The van der Waals surface area contributed by atoms with Crippen LogP contribution in [0.5, 0.6) is 0 Å². The summed E-state index contributed by atoms with van der Waals surface area (Å²) in [6, 6.07) is 11.5. The summed E-state index contributed by atoms with van der Waals surface area (Å²) >= 11 is 12.0. The van der Waals surface area contributed by atoms with E-state index in [1.54, 1.807) is 42.5 Å². The van der Waals surface area contributed by atoms with E-state index in [9.17, 15) is 13.2 Å². The van der Waals surface area contributed by atoms with Gasteiger partial charge in [-0.1, -0.05) is 49.2 Å². The van der Waals surface area contributed by atoms with Gasteiger partial charge in [0.1, 0.15) is 0 Å². The van der Waals surface area contributed by atoms with E-state index in [-0.39, 0.29) is 18.5 Å². The number of hydrogen-bond acceptors (Lipinski definition) is 3. The number of rotatable bonds is 7. The second kappa shape index (κ2) is 9.16. The quantitative estimate of drug-likeness (QED) is 0.673. The summed E-state index contributed by atoms with van der Waals surface area (Å²) < 4.78 is 25.8. The van der Waals surface area contributed by atoms with Crippen LogP contribution in [0.25, 0.3) is 0 Å². The van der Waals surface area contributed by atoms with Gasteiger partial charge in [0.15, 0.2) is 0 Å². The summed E-state index contributed by atoms with van der Waals surface area (Å²) in [7, 11) is -3.56. The average molecular weight is 443 g/mol. The maximum Gasteiger partial charge on any atom is 0.251 e. The highest BCUT2D eigenvalue weighted by Gasteiger charge is 2.19. The Hall–Kier alpha value is -1.76. The molecule has 0 aliphatic rings. The van der Waals surface area contributed by atoms with Crippen LogP contribution in [-0.2, 0) is 16.6 Å². The Morgan fingerprint density at radius 1 is 1.04 bits per heavy atom. The van der Waals surface area contributed by atoms with E-state index in [4.69, 9.17) is 23.2 Å². The van der Waals surface area contributed by atoms with Crippen molar-refractivity contribution in [2.75, 3.05) is 10.6 Å². The Morgan fingerprint density at radius 3 is 2.04 bits per heavy atom. The van der Waals surface area contributed by atoms with E-state index in [0.29, 0.717) is 27.2 Å². The van der Waals surface area contributed by atoms with Crippen molar-refractivity contribution in [1.82, 2.24) is 5.32 Å². The molecule has 0 fully saturated rings. The van der Waals surface area contributed by atoms with Crippen molar-refractivity contribution in [1.29, 1.82) is 0 Å². The number of carbonyl (C=O) groups excluding carboxylic acids is 1. The largest absolute Gasteiger partial charge is 0.349 e. The highest BCUT2D eigenvalue weighted by Crippen LogP contribution is 2.28. The molecule has 0 unspecified atom stereocenters. The fourth-order valence-corrected chi connectivity index (χ4v) is 3.85. The average Bonchev–Trinajstić information content (AvgIpc) is 2.58. The molecule has 0 heterocycles. The van der Waals surface area contributed by atoms with Crippen LogP contribution in [0.3, 0.4) is 0 Å². The molecule has 1 amide bonds. The fourth-order valence-electron chi connectivity index (χ4n) is 2.47. The Labute approximate surface area is 176 Å². The van der Waals surface area contributed by atoms with Crippen LogP contribution in [0.1, 0.15) is 36.7 Å². The molecular weight excluding hydrogens is 419 g/mol. The van der Waals surface area contributed by atoms with Crippen molar-refractivity contribution in [2.45, 2.75) is 33.4 Å². The second-order valence-electron chi connectivity index (χ2n) is 7.10. The molecule has 2 aromatic rings. The molecule has 28 heavy (non-hydrogen) atoms. The standard InChI is InChI=1S/C20H24Cl2N2O3S/c1-13(2)14(3)23-20(25)16-7-5-15(6-8-16)12-24(28(4,26)27)19-10-17(21)9-18(22)11-19/h5-11,13-14H,12H2,1-4H3,(H,23,25)/t14-/m1/s1. The number of hydrogen-bond donors (Lipinski definition) is 1. The molecule has 1 atom stereocenters. The highest BCUT2D eigenvalue weighted by atomic mass is 35.5. The molecule has 1 N–H and O–H groups in total. The molecule has 0 radical (unpaired) electrons. The first-order valence-electron chi connectivity index (χ1n) is 8.81. The lowest BCUT2D eigenvalue weighted by Gasteiger charge is -2.23. The van der Waals surface area contributed by atoms with E-state index in [1.165, 1.54) is 4.31 Å². The van der Waals surface area contributed by atoms with E-state index in [2.05, 4.69) is 5.32 Å². The predicted molar refractivity (Wildman–Crippen MR) is 116 cm³/mol. The molecular formula is C20H24Cl2N2O3S. The summed E-state index contributed by atoms with van der Waals surface area (Å²) in [5.41, 5.74) is 1.63. The van der Waals surface area contributed by atoms with Gasteiger partial charge in [0.25, 0.3) is 5.91 Å². The van der Waals surface area contributed by atoms with Gasteiger partial charge in [-0.25, -0.2) is 8.42 Å². The minimum Gasteiger partial charge on any atom is -0.349 e. The van der Waals surface area contributed by atoms with Gasteiger partial charge >= 0.3 is 0 Å². The first-order valence-corrected chi connectivity index (χ1v) is 11.4. The van der Waals surface area contributed by atoms with Crippen LogP contribution >= 0.6 is 23.2 Å². The number of benzene rings is 2. The first-order chi connectivity index (χ1) is 13.0. The van der Waals surface area contributed by atoms with Gasteiger partial charge < -0.3 is 5.32 Å². The Morgan fingerprint density at radius 2 is 1.57 bits per heavy atom. The zero-order chi connectivity index (χ0) is 21.1. The predicted octanol–water partition coefficient (Wildman–Crippen LogP) is 4.73. The van der Waals surface area contributed by atoms with Crippen LogP contribution in [-0.4, -0.2) is 26.6 Å². The van der Waals surface area contributed by atoms with E-state index in [0.717, 1.165) is 11.8 Å². The van der Waals surface area contributed by atoms with Gasteiger partial charge in [0, 0.05) is 21.7 Å². The molecule has 0 bridgehead atoms. The van der Waals surface area contributed by atoms with E-state index >= 15 is 0 Å². The zero-order valence-electron chi connectivity index (χ0n) is 16.2. The molecule has 2 rings (SSSR count). The molecule has 0 aliphatic heterocycles. The van der Waals surface area contributed by atoms with Crippen molar-refractivity contribution in [3.05, 3.63) is 63.6 Å². The lowest BCUT2D eigenvalue weighted by molar-refractivity contribution is 0.0930. The summed E-state index contributed by atoms with van der Waals surface area (Å²) in [6.45, 7) is 6.13. The van der Waals surface area contributed by atoms with Gasteiger partial charge in [-0.2, -0.15) is 0 Å². The second-order valence-corrected chi connectivity index (χ2v) is 9.88. The fraction of sp³-hybridized carbons (Fsp3) is 0.350. The number of nitrogens with zero attached hydrogens (tertiary/aromatic N) is 1. The van der Waals surface area contributed by atoms with Crippen molar-refractivity contribution in [3.8, 4) is 0 Å². The molecule has 0 aliphatic carbocycles. The maximum absolute atomic E-state index is 12.3. The third-order valence-electron chi connectivity index (χ3n) is 4.44. The first kappa shape index (κ1) is 22.5. The van der Waals surface area contributed by atoms with E-state index in [1.807, 2.05) is 20.8 Å². The maximum atomic E-state index is 12.3. The number of carbonyl (C=O) groups is 1. The lowest BCUT2D eigenvalue weighted by atomic mass is 10.1. The Kier molecular flexibility index (Phi) is 7.37. The van der Waals surface area contributed by atoms with Gasteiger partial charge in [0.05, 0.1) is 18.5 Å². The van der Waals surface area contributed by atoms with Gasteiger partial charge in [0.2, 0.25) is 10.0 Å². The topological polar surface area (TPSA) is 66.5 Å². The molecule has 0 saturated heterocycles. The van der Waals surface area contributed by atoms with Gasteiger partial charge in [-0.15, -0.1) is 0 Å².